The Balaban J connectivity index is 1.42. The van der Waals surface area contributed by atoms with Gasteiger partial charge in [0.2, 0.25) is 0 Å². The minimum Gasteiger partial charge on any atom is -0.489 e. The Bertz CT molecular complexity index is 1360. The molecule has 158 valence electrons. The van der Waals surface area contributed by atoms with Gasteiger partial charge in [0, 0.05) is 65.5 Å². The van der Waals surface area contributed by atoms with Crippen molar-refractivity contribution in [2.75, 3.05) is 6.54 Å². The highest BCUT2D eigenvalue weighted by Gasteiger charge is 2.19. The summed E-state index contributed by atoms with van der Waals surface area (Å²) in [4.78, 5) is 17.5. The van der Waals surface area contributed by atoms with Crippen molar-refractivity contribution in [3.63, 3.8) is 0 Å². The van der Waals surface area contributed by atoms with Crippen LogP contribution in [0.2, 0.25) is 10.0 Å². The lowest BCUT2D eigenvalue weighted by Gasteiger charge is -2.14. The highest BCUT2D eigenvalue weighted by Crippen LogP contribution is 2.27. The summed E-state index contributed by atoms with van der Waals surface area (Å²) in [6.07, 6.45) is 2.65. The first kappa shape index (κ1) is 20.1. The number of nitrogens with one attached hydrogen (secondary N) is 1. The predicted octanol–water partition coefficient (Wildman–Crippen LogP) is 4.26. The molecule has 0 bridgehead atoms. The van der Waals surface area contributed by atoms with Gasteiger partial charge < -0.3 is 14.6 Å². The minimum absolute atomic E-state index is 0.216. The molecule has 0 aliphatic carbocycles. The molecule has 1 aliphatic heterocycles. The van der Waals surface area contributed by atoms with E-state index in [0.717, 1.165) is 36.1 Å². The van der Waals surface area contributed by atoms with Crippen LogP contribution in [0.1, 0.15) is 16.8 Å². The molecule has 0 atom stereocenters. The second-order valence-corrected chi connectivity index (χ2v) is 8.39. The zero-order chi connectivity index (χ0) is 21.5. The van der Waals surface area contributed by atoms with Crippen LogP contribution in [0.5, 0.6) is 5.75 Å². The van der Waals surface area contributed by atoms with E-state index in [1.807, 2.05) is 19.2 Å². The number of fused-ring (bicyclic) bond motifs is 3. The monoisotopic (exact) mass is 454 g/mol. The quantitative estimate of drug-likeness (QED) is 0.500. The van der Waals surface area contributed by atoms with Crippen LogP contribution in [0.4, 0.5) is 0 Å². The van der Waals surface area contributed by atoms with Crippen molar-refractivity contribution < 1.29 is 4.74 Å². The highest BCUT2D eigenvalue weighted by atomic mass is 35.5. The van der Waals surface area contributed by atoms with Crippen LogP contribution in [-0.2, 0) is 26.6 Å². The van der Waals surface area contributed by atoms with E-state index in [2.05, 4.69) is 9.88 Å². The van der Waals surface area contributed by atoms with E-state index in [-0.39, 0.29) is 12.2 Å². The maximum absolute atomic E-state index is 12.8. The third-order valence-electron chi connectivity index (χ3n) is 5.64. The number of nitrogens with zero attached hydrogens (tertiary/aromatic N) is 3. The van der Waals surface area contributed by atoms with Gasteiger partial charge in [0.25, 0.3) is 5.56 Å². The van der Waals surface area contributed by atoms with E-state index in [1.54, 1.807) is 30.5 Å². The molecule has 1 N–H and O–H groups in total. The van der Waals surface area contributed by atoms with Crippen LogP contribution >= 0.6 is 23.2 Å². The molecule has 0 spiro atoms. The fourth-order valence-corrected chi connectivity index (χ4v) is 4.49. The SMILES string of the molecule is Cn1c2c(c3ccc(-n4ccc(OCc5ccc(Cl)cc5Cl)cc4=O)nc31)CNCC2. The van der Waals surface area contributed by atoms with Gasteiger partial charge in [0.1, 0.15) is 23.8 Å². The van der Waals surface area contributed by atoms with Gasteiger partial charge in [-0.3, -0.25) is 9.36 Å². The van der Waals surface area contributed by atoms with Crippen molar-refractivity contribution in [1.29, 1.82) is 0 Å². The van der Waals surface area contributed by atoms with Gasteiger partial charge in [0.15, 0.2) is 0 Å². The molecule has 1 aromatic carbocycles. The number of benzene rings is 1. The van der Waals surface area contributed by atoms with E-state index in [4.69, 9.17) is 32.9 Å². The number of ether oxygens (including phenoxy) is 1. The van der Waals surface area contributed by atoms with Gasteiger partial charge in [-0.1, -0.05) is 29.3 Å². The maximum Gasteiger partial charge on any atom is 0.259 e. The van der Waals surface area contributed by atoms with Gasteiger partial charge in [-0.05, 0) is 35.9 Å². The topological polar surface area (TPSA) is 61.1 Å². The molecule has 3 aromatic heterocycles. The summed E-state index contributed by atoms with van der Waals surface area (Å²) in [7, 11) is 2.03. The second-order valence-electron chi connectivity index (χ2n) is 7.55. The van der Waals surface area contributed by atoms with Crippen LogP contribution in [0.3, 0.4) is 0 Å². The van der Waals surface area contributed by atoms with Crippen molar-refractivity contribution in [3.8, 4) is 11.6 Å². The Morgan fingerprint density at radius 1 is 1.16 bits per heavy atom. The van der Waals surface area contributed by atoms with Crippen LogP contribution in [0.15, 0.2) is 53.5 Å². The van der Waals surface area contributed by atoms with Crippen LogP contribution in [0, 0.1) is 0 Å². The normalized spacial score (nSPS) is 13.4. The molecule has 5 rings (SSSR count). The van der Waals surface area contributed by atoms with E-state index in [0.29, 0.717) is 21.6 Å². The van der Waals surface area contributed by atoms with Crippen molar-refractivity contribution >= 4 is 34.2 Å². The van der Waals surface area contributed by atoms with Gasteiger partial charge in [-0.25, -0.2) is 4.98 Å². The summed E-state index contributed by atoms with van der Waals surface area (Å²) in [6.45, 7) is 2.05. The standard InChI is InChI=1S/C23H20Cl2N4O2/c1-28-20-6-8-26-12-18(20)17-4-5-21(27-23(17)28)29-9-7-16(11-22(29)30)31-13-14-2-3-15(24)10-19(14)25/h2-5,7,9-11,26H,6,8,12-13H2,1H3. The molecule has 1 aliphatic rings. The summed E-state index contributed by atoms with van der Waals surface area (Å²) in [5, 5.41) is 5.63. The Hall–Kier alpha value is -2.80. The number of halogens is 2. The van der Waals surface area contributed by atoms with Gasteiger partial charge in [0.05, 0.1) is 0 Å². The summed E-state index contributed by atoms with van der Waals surface area (Å²) in [5.74, 6) is 1.05. The first-order valence-corrected chi connectivity index (χ1v) is 10.7. The van der Waals surface area contributed by atoms with Crippen molar-refractivity contribution in [2.45, 2.75) is 19.6 Å². The van der Waals surface area contributed by atoms with E-state index in [1.165, 1.54) is 21.9 Å². The molecule has 4 heterocycles. The number of aryl methyl sites for hydroxylation is 1. The Morgan fingerprint density at radius 3 is 2.84 bits per heavy atom. The minimum atomic E-state index is -0.216. The van der Waals surface area contributed by atoms with Crippen molar-refractivity contribution in [1.82, 2.24) is 19.4 Å². The summed E-state index contributed by atoms with van der Waals surface area (Å²) in [6, 6.07) is 12.4. The average Bonchev–Trinajstić information content (AvgIpc) is 3.05. The molecule has 0 unspecified atom stereocenters. The van der Waals surface area contributed by atoms with Gasteiger partial charge >= 0.3 is 0 Å². The average molecular weight is 455 g/mol. The highest BCUT2D eigenvalue weighted by molar-refractivity contribution is 6.35. The van der Waals surface area contributed by atoms with Crippen molar-refractivity contribution in [3.05, 3.63) is 85.9 Å². The molecule has 0 fully saturated rings. The molecular formula is C23H20Cl2N4O2. The van der Waals surface area contributed by atoms with Crippen LogP contribution in [0.25, 0.3) is 16.9 Å². The first-order chi connectivity index (χ1) is 15.0. The molecule has 8 heteroatoms. The fourth-order valence-electron chi connectivity index (χ4n) is 4.03. The van der Waals surface area contributed by atoms with Crippen LogP contribution < -0.4 is 15.6 Å². The summed E-state index contributed by atoms with van der Waals surface area (Å²) < 4.78 is 9.41. The molecule has 31 heavy (non-hydrogen) atoms. The van der Waals surface area contributed by atoms with Gasteiger partial charge in [-0.15, -0.1) is 0 Å². The zero-order valence-electron chi connectivity index (χ0n) is 16.9. The van der Waals surface area contributed by atoms with Gasteiger partial charge in [-0.2, -0.15) is 0 Å². The number of pyridine rings is 2. The summed E-state index contributed by atoms with van der Waals surface area (Å²) >= 11 is 12.1. The lowest BCUT2D eigenvalue weighted by molar-refractivity contribution is 0.305. The van der Waals surface area contributed by atoms with E-state index >= 15 is 0 Å². The molecule has 0 amide bonds. The molecular weight excluding hydrogens is 435 g/mol. The third-order valence-corrected chi connectivity index (χ3v) is 6.23. The molecule has 0 saturated heterocycles. The predicted molar refractivity (Wildman–Crippen MR) is 123 cm³/mol. The lowest BCUT2D eigenvalue weighted by atomic mass is 10.1. The lowest BCUT2D eigenvalue weighted by Crippen LogP contribution is -2.24. The zero-order valence-corrected chi connectivity index (χ0v) is 18.4. The largest absolute Gasteiger partial charge is 0.489 e. The number of rotatable bonds is 4. The number of aromatic nitrogens is 3. The van der Waals surface area contributed by atoms with E-state index in [9.17, 15) is 4.79 Å². The smallest absolute Gasteiger partial charge is 0.259 e. The van der Waals surface area contributed by atoms with Crippen LogP contribution in [-0.4, -0.2) is 20.7 Å². The molecule has 4 aromatic rings. The Labute approximate surface area is 189 Å². The Kier molecular flexibility index (Phi) is 5.22. The molecule has 0 radical (unpaired) electrons. The third kappa shape index (κ3) is 3.71. The number of hydrogen-bond donors (Lipinski definition) is 1. The second kappa shape index (κ2) is 8.04. The fraction of sp³-hybridized carbons (Fsp3) is 0.217. The number of hydrogen-bond acceptors (Lipinski definition) is 4. The first-order valence-electron chi connectivity index (χ1n) is 9.99. The van der Waals surface area contributed by atoms with Crippen molar-refractivity contribution in [2.24, 2.45) is 7.05 Å². The molecule has 0 saturated carbocycles. The van der Waals surface area contributed by atoms with E-state index < -0.39 is 0 Å². The summed E-state index contributed by atoms with van der Waals surface area (Å²) in [5.41, 5.74) is 4.06. The molecule has 6 nitrogen and oxygen atoms in total. The Morgan fingerprint density at radius 2 is 2.03 bits per heavy atom. The maximum atomic E-state index is 12.8.